The Morgan fingerprint density at radius 3 is 2.48 bits per heavy atom. The van der Waals surface area contributed by atoms with Crippen LogP contribution in [0.15, 0.2) is 84.0 Å². The summed E-state index contributed by atoms with van der Waals surface area (Å²) in [6.07, 6.45) is 0. The van der Waals surface area contributed by atoms with Crippen molar-refractivity contribution in [3.8, 4) is 17.5 Å². The number of fused-ring (bicyclic) bond motifs is 1. The van der Waals surface area contributed by atoms with Crippen LogP contribution in [-0.4, -0.2) is 34.9 Å². The van der Waals surface area contributed by atoms with E-state index in [2.05, 4.69) is 6.07 Å². The normalized spacial score (nSPS) is 10.6. The molecule has 0 aliphatic carbocycles. The molecule has 0 fully saturated rings. The number of nitriles is 1. The van der Waals surface area contributed by atoms with Gasteiger partial charge >= 0.3 is 0 Å². The summed E-state index contributed by atoms with van der Waals surface area (Å²) in [5, 5.41) is 9.90. The first kappa shape index (κ1) is 20.5. The van der Waals surface area contributed by atoms with E-state index in [0.717, 1.165) is 22.5 Å². The number of rotatable bonds is 7. The molecule has 0 spiro atoms. The molecule has 0 saturated heterocycles. The van der Waals surface area contributed by atoms with Crippen LogP contribution in [-0.2, 0) is 4.79 Å². The van der Waals surface area contributed by atoms with Crippen molar-refractivity contribution in [2.24, 2.45) is 0 Å². The molecule has 1 aromatic heterocycles. The molecule has 0 aliphatic heterocycles. The average Bonchev–Trinajstić information content (AvgIpc) is 3.20. The van der Waals surface area contributed by atoms with Gasteiger partial charge in [-0.2, -0.15) is 5.26 Å². The Labute approximate surface area is 184 Å². The van der Waals surface area contributed by atoms with Crippen LogP contribution in [0.3, 0.4) is 0 Å². The molecule has 1 amide bonds. The minimum atomic E-state index is -0.147. The first-order valence-electron chi connectivity index (χ1n) is 9.68. The number of carbonyl (C=O) groups is 1. The molecule has 4 aromatic rings. The fourth-order valence-corrected chi connectivity index (χ4v) is 4.19. The van der Waals surface area contributed by atoms with Gasteiger partial charge in [-0.3, -0.25) is 14.3 Å². The maximum atomic E-state index is 13.0. The zero-order chi connectivity index (χ0) is 21.6. The fourth-order valence-electron chi connectivity index (χ4n) is 3.29. The summed E-state index contributed by atoms with van der Waals surface area (Å²) >= 11 is 1.35. The van der Waals surface area contributed by atoms with Crippen LogP contribution in [0.1, 0.15) is 0 Å². The number of nitrogens with zero attached hydrogens (tertiary/aromatic N) is 4. The lowest BCUT2D eigenvalue weighted by molar-refractivity contribution is -0.116. The predicted molar refractivity (Wildman–Crippen MR) is 123 cm³/mol. The van der Waals surface area contributed by atoms with E-state index in [9.17, 15) is 10.1 Å². The molecule has 0 atom stereocenters. The van der Waals surface area contributed by atoms with Crippen LogP contribution in [0.2, 0.25) is 0 Å². The molecule has 3 aromatic carbocycles. The summed E-state index contributed by atoms with van der Waals surface area (Å²) in [5.74, 6) is 0.786. The summed E-state index contributed by atoms with van der Waals surface area (Å²) in [6.45, 7) is -0.00168. The lowest BCUT2D eigenvalue weighted by Gasteiger charge is -2.19. The Bertz CT molecular complexity index is 1230. The van der Waals surface area contributed by atoms with E-state index in [1.165, 1.54) is 16.7 Å². The van der Waals surface area contributed by atoms with E-state index in [4.69, 9.17) is 9.72 Å². The summed E-state index contributed by atoms with van der Waals surface area (Å²) < 4.78 is 7.30. The molecular formula is C24H20N4O2S. The molecule has 7 heteroatoms. The highest BCUT2D eigenvalue weighted by atomic mass is 32.2. The van der Waals surface area contributed by atoms with Crippen LogP contribution < -0.4 is 9.64 Å². The van der Waals surface area contributed by atoms with Gasteiger partial charge in [-0.25, -0.2) is 4.98 Å². The summed E-state index contributed by atoms with van der Waals surface area (Å²) in [6, 6.07) is 26.9. The Balaban J connectivity index is 1.63. The van der Waals surface area contributed by atoms with Crippen molar-refractivity contribution in [1.29, 1.82) is 5.26 Å². The van der Waals surface area contributed by atoms with Crippen LogP contribution in [0.4, 0.5) is 5.69 Å². The number of hydrogen-bond acceptors (Lipinski definition) is 5. The lowest BCUT2D eigenvalue weighted by atomic mass is 10.2. The smallest absolute Gasteiger partial charge is 0.238 e. The number of methoxy groups -OCH3 is 1. The van der Waals surface area contributed by atoms with Crippen molar-refractivity contribution in [2.75, 3.05) is 24.3 Å². The van der Waals surface area contributed by atoms with Gasteiger partial charge in [-0.1, -0.05) is 42.1 Å². The van der Waals surface area contributed by atoms with E-state index >= 15 is 0 Å². The average molecular weight is 429 g/mol. The third kappa shape index (κ3) is 4.39. The Morgan fingerprint density at radius 2 is 1.77 bits per heavy atom. The van der Waals surface area contributed by atoms with Gasteiger partial charge in [-0.05, 0) is 48.5 Å². The molecule has 154 valence electrons. The topological polar surface area (TPSA) is 71.2 Å². The van der Waals surface area contributed by atoms with E-state index in [-0.39, 0.29) is 18.2 Å². The van der Waals surface area contributed by atoms with Crippen LogP contribution >= 0.6 is 11.8 Å². The van der Waals surface area contributed by atoms with Crippen molar-refractivity contribution in [3.63, 3.8) is 0 Å². The number of benzene rings is 3. The first-order chi connectivity index (χ1) is 15.2. The number of carbonyl (C=O) groups excluding carboxylic acids is 1. The second-order valence-corrected chi connectivity index (χ2v) is 7.62. The second kappa shape index (κ2) is 9.37. The minimum Gasteiger partial charge on any atom is -0.497 e. The number of para-hydroxylation sites is 3. The highest BCUT2D eigenvalue weighted by Crippen LogP contribution is 2.29. The molecular weight excluding hydrogens is 408 g/mol. The molecule has 0 radical (unpaired) electrons. The third-order valence-corrected chi connectivity index (χ3v) is 5.71. The van der Waals surface area contributed by atoms with Gasteiger partial charge in [0.2, 0.25) is 5.91 Å². The Hall–Kier alpha value is -3.76. The van der Waals surface area contributed by atoms with E-state index in [0.29, 0.717) is 10.8 Å². The largest absolute Gasteiger partial charge is 0.497 e. The molecule has 0 aliphatic rings. The van der Waals surface area contributed by atoms with Crippen molar-refractivity contribution >= 4 is 34.4 Å². The van der Waals surface area contributed by atoms with Crippen molar-refractivity contribution < 1.29 is 9.53 Å². The first-order valence-corrected chi connectivity index (χ1v) is 10.7. The van der Waals surface area contributed by atoms with E-state index in [1.54, 1.807) is 7.11 Å². The van der Waals surface area contributed by atoms with Crippen LogP contribution in [0.25, 0.3) is 16.7 Å². The van der Waals surface area contributed by atoms with Gasteiger partial charge < -0.3 is 4.74 Å². The molecule has 0 bridgehead atoms. The Morgan fingerprint density at radius 1 is 1.06 bits per heavy atom. The van der Waals surface area contributed by atoms with Gasteiger partial charge in [0.25, 0.3) is 0 Å². The van der Waals surface area contributed by atoms with Gasteiger partial charge in [0, 0.05) is 11.4 Å². The molecule has 1 heterocycles. The third-order valence-electron chi connectivity index (χ3n) is 4.78. The van der Waals surface area contributed by atoms with E-state index < -0.39 is 0 Å². The molecule has 0 unspecified atom stereocenters. The quantitative estimate of drug-likeness (QED) is 0.316. The van der Waals surface area contributed by atoms with Crippen molar-refractivity contribution in [2.45, 2.75) is 5.16 Å². The van der Waals surface area contributed by atoms with Crippen LogP contribution in [0, 0.1) is 11.3 Å². The molecule has 0 N–H and O–H groups in total. The van der Waals surface area contributed by atoms with Gasteiger partial charge in [-0.15, -0.1) is 0 Å². The second-order valence-electron chi connectivity index (χ2n) is 6.68. The highest BCUT2D eigenvalue weighted by molar-refractivity contribution is 7.99. The molecule has 0 saturated carbocycles. The van der Waals surface area contributed by atoms with E-state index in [1.807, 2.05) is 83.4 Å². The number of amides is 1. The number of ether oxygens (including phenoxy) is 1. The monoisotopic (exact) mass is 428 g/mol. The summed E-state index contributed by atoms with van der Waals surface area (Å²) in [7, 11) is 1.63. The van der Waals surface area contributed by atoms with Gasteiger partial charge in [0.1, 0.15) is 12.3 Å². The van der Waals surface area contributed by atoms with Crippen molar-refractivity contribution in [3.05, 3.63) is 78.9 Å². The van der Waals surface area contributed by atoms with Gasteiger partial charge in [0.05, 0.1) is 30.0 Å². The standard InChI is InChI=1S/C24H20N4O2S/c1-30-20-13-11-19(12-14-20)28-22-10-6-5-9-21(22)26-24(28)31-17-23(29)27(16-15-25)18-7-3-2-4-8-18/h2-14H,16-17H2,1H3. The summed E-state index contributed by atoms with van der Waals surface area (Å²) in [4.78, 5) is 19.2. The van der Waals surface area contributed by atoms with Crippen molar-refractivity contribution in [1.82, 2.24) is 9.55 Å². The highest BCUT2D eigenvalue weighted by Gasteiger charge is 2.19. The zero-order valence-corrected chi connectivity index (χ0v) is 17.7. The fraction of sp³-hybridized carbons (Fsp3) is 0.125. The van der Waals surface area contributed by atoms with Crippen LogP contribution in [0.5, 0.6) is 5.75 Å². The zero-order valence-electron chi connectivity index (χ0n) is 16.9. The predicted octanol–water partition coefficient (Wildman–Crippen LogP) is 4.68. The summed E-state index contributed by atoms with van der Waals surface area (Å²) in [5.41, 5.74) is 3.45. The lowest BCUT2D eigenvalue weighted by Crippen LogP contribution is -2.32. The SMILES string of the molecule is COc1ccc(-n2c(SCC(=O)N(CC#N)c3ccccc3)nc3ccccc32)cc1. The maximum Gasteiger partial charge on any atom is 0.238 e. The number of thioether (sulfide) groups is 1. The number of aromatic nitrogens is 2. The van der Waals surface area contributed by atoms with Gasteiger partial charge in [0.15, 0.2) is 5.16 Å². The Kier molecular flexibility index (Phi) is 6.20. The maximum absolute atomic E-state index is 13.0. The molecule has 4 rings (SSSR count). The molecule has 6 nitrogen and oxygen atoms in total. The number of hydrogen-bond donors (Lipinski definition) is 0. The minimum absolute atomic E-state index is 0.00168. The number of anilines is 1. The molecule has 31 heavy (non-hydrogen) atoms. The number of imidazole rings is 1.